The first-order chi connectivity index (χ1) is 20.4. The predicted octanol–water partition coefficient (Wildman–Crippen LogP) is 7.38. The Balaban J connectivity index is 1.79. The second-order valence-electron chi connectivity index (χ2n) is 9.78. The minimum atomic E-state index is -5.09. The maximum absolute atomic E-state index is 13.9. The molecule has 0 saturated carbocycles. The minimum Gasteiger partial charge on any atom is -0.405 e. The lowest BCUT2D eigenvalue weighted by atomic mass is 10.0. The van der Waals surface area contributed by atoms with Crippen LogP contribution in [-0.2, 0) is 25.4 Å². The number of rotatable bonds is 8. The number of carbonyl (C=O) groups is 1. The van der Waals surface area contributed by atoms with Crippen LogP contribution >= 0.6 is 0 Å². The van der Waals surface area contributed by atoms with Gasteiger partial charge in [-0.3, -0.25) is 9.78 Å². The molecule has 7 nitrogen and oxygen atoms in total. The van der Waals surface area contributed by atoms with E-state index >= 15 is 0 Å². The Morgan fingerprint density at radius 2 is 1.48 bits per heavy atom. The molecule has 0 aliphatic heterocycles. The Morgan fingerprint density at radius 1 is 0.886 bits per heavy atom. The molecule has 4 rings (SSSR count). The van der Waals surface area contributed by atoms with E-state index in [2.05, 4.69) is 20.0 Å². The van der Waals surface area contributed by atoms with Gasteiger partial charge in [-0.2, -0.15) is 26.3 Å². The van der Waals surface area contributed by atoms with Crippen molar-refractivity contribution < 1.29 is 49.0 Å². The lowest BCUT2D eigenvalue weighted by molar-refractivity contribution is -0.275. The van der Waals surface area contributed by atoms with Gasteiger partial charge in [0, 0.05) is 36.1 Å². The smallest absolute Gasteiger partial charge is 0.405 e. The highest BCUT2D eigenvalue weighted by Crippen LogP contribution is 2.37. The van der Waals surface area contributed by atoms with Crippen LogP contribution in [0.3, 0.4) is 0 Å². The summed E-state index contributed by atoms with van der Waals surface area (Å²) in [5.41, 5.74) is -3.64. The number of halogens is 9. The molecule has 0 aliphatic rings. The summed E-state index contributed by atoms with van der Waals surface area (Å²) in [4.78, 5) is 18.9. The molecule has 0 bridgehead atoms. The van der Waals surface area contributed by atoms with Crippen LogP contribution in [0.5, 0.6) is 5.75 Å². The van der Waals surface area contributed by atoms with Gasteiger partial charge in [-0.05, 0) is 55.8 Å². The molecule has 4 aromatic rings. The molecule has 16 heteroatoms. The van der Waals surface area contributed by atoms with Gasteiger partial charge >= 0.3 is 18.7 Å². The van der Waals surface area contributed by atoms with E-state index in [1.54, 1.807) is 13.8 Å². The Hall–Kier alpha value is -4.63. The van der Waals surface area contributed by atoms with Gasteiger partial charge < -0.3 is 9.64 Å². The third-order valence-corrected chi connectivity index (χ3v) is 6.29. The molecule has 0 spiro atoms. The SMILES string of the molecule is CC(C)N(Cc1ccccc1OC(F)(F)F)C(=O)c1nnn(Cc2cc(C(F)(F)F)cc(C(F)(F)F)c2)c1-c1ccncc1. The quantitative estimate of drug-likeness (QED) is 0.190. The monoisotopic (exact) mass is 631 g/mol. The highest BCUT2D eigenvalue weighted by Gasteiger charge is 2.37. The number of hydrogen-bond acceptors (Lipinski definition) is 5. The summed E-state index contributed by atoms with van der Waals surface area (Å²) in [6.45, 7) is 2.16. The number of aromatic nitrogens is 4. The second kappa shape index (κ2) is 12.2. The van der Waals surface area contributed by atoms with E-state index in [0.717, 1.165) is 10.7 Å². The van der Waals surface area contributed by atoms with Crippen LogP contribution in [-0.4, -0.2) is 43.2 Å². The fourth-order valence-corrected chi connectivity index (χ4v) is 4.31. The number of amides is 1. The van der Waals surface area contributed by atoms with Crippen LogP contribution in [0, 0.1) is 0 Å². The maximum atomic E-state index is 13.9. The van der Waals surface area contributed by atoms with Gasteiger partial charge in [0.05, 0.1) is 17.7 Å². The van der Waals surface area contributed by atoms with Crippen molar-refractivity contribution in [2.24, 2.45) is 0 Å². The molecule has 0 aliphatic carbocycles. The summed E-state index contributed by atoms with van der Waals surface area (Å²) in [6, 6.07) is 8.46. The van der Waals surface area contributed by atoms with E-state index in [1.165, 1.54) is 47.6 Å². The number of nitrogens with zero attached hydrogens (tertiary/aromatic N) is 5. The molecule has 2 aromatic carbocycles. The summed E-state index contributed by atoms with van der Waals surface area (Å²) >= 11 is 0. The summed E-state index contributed by atoms with van der Waals surface area (Å²) in [5, 5.41) is 7.77. The summed E-state index contributed by atoms with van der Waals surface area (Å²) in [7, 11) is 0. The minimum absolute atomic E-state index is 0.00775. The fraction of sp³-hybridized carbons (Fsp3) is 0.286. The molecule has 0 atom stereocenters. The molecule has 0 radical (unpaired) electrons. The normalized spacial score (nSPS) is 12.5. The molecule has 2 heterocycles. The topological polar surface area (TPSA) is 73.1 Å². The van der Waals surface area contributed by atoms with Crippen molar-refractivity contribution in [2.75, 3.05) is 0 Å². The van der Waals surface area contributed by atoms with Gasteiger partial charge in [0.15, 0.2) is 5.69 Å². The van der Waals surface area contributed by atoms with E-state index < -0.39 is 59.6 Å². The van der Waals surface area contributed by atoms with Crippen molar-refractivity contribution in [3.8, 4) is 17.0 Å². The number of hydrogen-bond donors (Lipinski definition) is 0. The molecular formula is C28H22F9N5O2. The van der Waals surface area contributed by atoms with Crippen LogP contribution in [0.4, 0.5) is 39.5 Å². The number of para-hydroxylation sites is 1. The lowest BCUT2D eigenvalue weighted by Crippen LogP contribution is -2.37. The number of pyridine rings is 1. The van der Waals surface area contributed by atoms with E-state index in [9.17, 15) is 44.3 Å². The Kier molecular flexibility index (Phi) is 8.93. The van der Waals surface area contributed by atoms with E-state index in [1.807, 2.05) is 0 Å². The highest BCUT2D eigenvalue weighted by molar-refractivity contribution is 5.98. The first kappa shape index (κ1) is 32.3. The van der Waals surface area contributed by atoms with Crippen LogP contribution in [0.25, 0.3) is 11.3 Å². The average Bonchev–Trinajstić information content (AvgIpc) is 3.34. The first-order valence-electron chi connectivity index (χ1n) is 12.7. The Bertz CT molecular complexity index is 1580. The number of alkyl halides is 9. The molecular weight excluding hydrogens is 609 g/mol. The van der Waals surface area contributed by atoms with Crippen molar-refractivity contribution in [2.45, 2.75) is 51.7 Å². The molecule has 0 fully saturated rings. The molecule has 0 N–H and O–H groups in total. The zero-order valence-corrected chi connectivity index (χ0v) is 22.8. The molecule has 1 amide bonds. The van der Waals surface area contributed by atoms with Crippen molar-refractivity contribution in [3.63, 3.8) is 0 Å². The van der Waals surface area contributed by atoms with Gasteiger partial charge in [0.2, 0.25) is 0 Å². The van der Waals surface area contributed by atoms with Crippen molar-refractivity contribution >= 4 is 5.91 Å². The van der Waals surface area contributed by atoms with Crippen LogP contribution in [0.15, 0.2) is 67.0 Å². The van der Waals surface area contributed by atoms with E-state index in [0.29, 0.717) is 12.1 Å². The Morgan fingerprint density at radius 3 is 2.02 bits per heavy atom. The largest absolute Gasteiger partial charge is 0.573 e. The van der Waals surface area contributed by atoms with Gasteiger partial charge in [0.25, 0.3) is 5.91 Å². The third kappa shape index (κ3) is 7.65. The predicted molar refractivity (Wildman–Crippen MR) is 137 cm³/mol. The summed E-state index contributed by atoms with van der Waals surface area (Å²) < 4.78 is 125. The van der Waals surface area contributed by atoms with Gasteiger partial charge in [-0.15, -0.1) is 18.3 Å². The number of carbonyl (C=O) groups excluding carboxylic acids is 1. The average molecular weight is 631 g/mol. The van der Waals surface area contributed by atoms with Crippen LogP contribution < -0.4 is 4.74 Å². The maximum Gasteiger partial charge on any atom is 0.573 e. The number of ether oxygens (including phenoxy) is 1. The van der Waals surface area contributed by atoms with Crippen LogP contribution in [0.2, 0.25) is 0 Å². The Labute approximate surface area is 243 Å². The zero-order chi connectivity index (χ0) is 32.4. The third-order valence-electron chi connectivity index (χ3n) is 6.29. The molecule has 0 saturated heterocycles. The van der Waals surface area contributed by atoms with Gasteiger partial charge in [-0.1, -0.05) is 23.4 Å². The number of benzene rings is 2. The van der Waals surface area contributed by atoms with Gasteiger partial charge in [0.1, 0.15) is 11.4 Å². The van der Waals surface area contributed by atoms with Crippen molar-refractivity contribution in [1.29, 1.82) is 0 Å². The summed E-state index contributed by atoms with van der Waals surface area (Å²) in [5.74, 6) is -1.36. The second-order valence-corrected chi connectivity index (χ2v) is 9.78. The highest BCUT2D eigenvalue weighted by atomic mass is 19.4. The van der Waals surface area contributed by atoms with Crippen molar-refractivity contribution in [1.82, 2.24) is 24.9 Å². The van der Waals surface area contributed by atoms with E-state index in [-0.39, 0.29) is 35.1 Å². The van der Waals surface area contributed by atoms with E-state index in [4.69, 9.17) is 0 Å². The zero-order valence-electron chi connectivity index (χ0n) is 22.8. The first-order valence-corrected chi connectivity index (χ1v) is 12.7. The molecule has 44 heavy (non-hydrogen) atoms. The molecule has 2 aromatic heterocycles. The summed E-state index contributed by atoms with van der Waals surface area (Å²) in [6.07, 6.45) is -12.5. The van der Waals surface area contributed by atoms with Crippen molar-refractivity contribution in [3.05, 3.63) is 94.9 Å². The standard InChI is InChI=1S/C28H22F9N5O2/c1-16(2)41(15-19-5-3-4-6-22(19)44-28(35,36)37)25(43)23-24(18-7-9-38-10-8-18)42(40-39-23)14-17-11-20(26(29,30)31)13-21(12-17)27(32,33)34/h3-13,16H,14-15H2,1-2H3. The fourth-order valence-electron chi connectivity index (χ4n) is 4.31. The van der Waals surface area contributed by atoms with Crippen LogP contribution in [0.1, 0.15) is 46.6 Å². The lowest BCUT2D eigenvalue weighted by Gasteiger charge is -2.27. The van der Waals surface area contributed by atoms with Gasteiger partial charge in [-0.25, -0.2) is 4.68 Å². The molecule has 234 valence electrons. The molecule has 0 unspecified atom stereocenters.